The average molecular weight is 497 g/mol. The van der Waals surface area contributed by atoms with Gasteiger partial charge in [0.2, 0.25) is 5.95 Å². The zero-order chi connectivity index (χ0) is 24.8. The normalized spacial score (nSPS) is 11.3. The second-order valence-corrected chi connectivity index (χ2v) is 8.78. The van der Waals surface area contributed by atoms with Crippen molar-refractivity contribution in [2.75, 3.05) is 5.32 Å². The number of pyridine rings is 1. The van der Waals surface area contributed by atoms with Gasteiger partial charge >= 0.3 is 0 Å². The summed E-state index contributed by atoms with van der Waals surface area (Å²) < 4.78 is 5.50. The summed E-state index contributed by atoms with van der Waals surface area (Å²) in [4.78, 5) is 8.99. The predicted molar refractivity (Wildman–Crippen MR) is 138 cm³/mol. The highest BCUT2D eigenvalue weighted by molar-refractivity contribution is 6.30. The maximum absolute atomic E-state index is 6.28. The van der Waals surface area contributed by atoms with Crippen molar-refractivity contribution in [1.29, 1.82) is 0 Å². The number of nitrogens with one attached hydrogen (secondary N) is 1. The molecule has 36 heavy (non-hydrogen) atoms. The van der Waals surface area contributed by atoms with Gasteiger partial charge in [0, 0.05) is 48.7 Å². The summed E-state index contributed by atoms with van der Waals surface area (Å²) in [7, 11) is 3.76. The maximum atomic E-state index is 6.28. The van der Waals surface area contributed by atoms with Gasteiger partial charge in [0.1, 0.15) is 11.5 Å². The number of hydrogen-bond acceptors (Lipinski definition) is 7. The monoisotopic (exact) mass is 496 g/mol. The number of aromatic nitrogens is 9. The van der Waals surface area contributed by atoms with E-state index in [4.69, 9.17) is 11.6 Å². The zero-order valence-electron chi connectivity index (χ0n) is 19.8. The quantitative estimate of drug-likeness (QED) is 0.369. The Morgan fingerprint density at radius 1 is 0.917 bits per heavy atom. The van der Waals surface area contributed by atoms with Crippen molar-refractivity contribution in [3.05, 3.63) is 77.8 Å². The molecule has 0 atom stereocenters. The highest BCUT2D eigenvalue weighted by Crippen LogP contribution is 2.35. The number of rotatable bonds is 5. The van der Waals surface area contributed by atoms with Crippen LogP contribution >= 0.6 is 11.6 Å². The molecule has 10 nitrogen and oxygen atoms in total. The lowest BCUT2D eigenvalue weighted by Crippen LogP contribution is -2.03. The summed E-state index contributed by atoms with van der Waals surface area (Å²) in [6.07, 6.45) is 5.38. The molecule has 0 bridgehead atoms. The lowest BCUT2D eigenvalue weighted by molar-refractivity contribution is 0.757. The van der Waals surface area contributed by atoms with E-state index in [0.29, 0.717) is 22.4 Å². The van der Waals surface area contributed by atoms with Crippen molar-refractivity contribution in [3.8, 4) is 33.9 Å². The Hall–Kier alpha value is -4.57. The van der Waals surface area contributed by atoms with E-state index in [1.165, 1.54) is 0 Å². The van der Waals surface area contributed by atoms with E-state index in [1.54, 1.807) is 17.1 Å². The molecule has 0 unspecified atom stereocenters. The molecule has 11 heteroatoms. The summed E-state index contributed by atoms with van der Waals surface area (Å²) in [6, 6.07) is 15.4. The summed E-state index contributed by atoms with van der Waals surface area (Å²) >= 11 is 6.28. The minimum Gasteiger partial charge on any atom is -0.309 e. The number of halogens is 1. The van der Waals surface area contributed by atoms with E-state index in [9.17, 15) is 0 Å². The van der Waals surface area contributed by atoms with Gasteiger partial charge in [-0.1, -0.05) is 23.7 Å². The van der Waals surface area contributed by atoms with Crippen LogP contribution in [0.5, 0.6) is 0 Å². The Morgan fingerprint density at radius 2 is 1.81 bits per heavy atom. The summed E-state index contributed by atoms with van der Waals surface area (Å²) in [6.45, 7) is 1.98. The molecule has 0 aliphatic rings. The van der Waals surface area contributed by atoms with Crippen LogP contribution < -0.4 is 5.32 Å². The van der Waals surface area contributed by atoms with Crippen molar-refractivity contribution in [2.24, 2.45) is 14.1 Å². The Balaban J connectivity index is 1.40. The molecule has 1 aromatic carbocycles. The van der Waals surface area contributed by atoms with Crippen molar-refractivity contribution in [1.82, 2.24) is 44.1 Å². The molecule has 1 N–H and O–H groups in total. The van der Waals surface area contributed by atoms with Crippen molar-refractivity contribution < 1.29 is 0 Å². The first-order valence-corrected chi connectivity index (χ1v) is 11.6. The Kier molecular flexibility index (Phi) is 5.23. The third-order valence-electron chi connectivity index (χ3n) is 5.97. The Bertz CT molecular complexity index is 1730. The average Bonchev–Trinajstić information content (AvgIpc) is 3.55. The minimum absolute atomic E-state index is 0.481. The molecular formula is C25H21ClN10. The summed E-state index contributed by atoms with van der Waals surface area (Å²) in [5.41, 5.74) is 6.05. The number of aryl methyl sites for hydroxylation is 3. The van der Waals surface area contributed by atoms with Gasteiger partial charge in [-0.3, -0.25) is 13.8 Å². The van der Waals surface area contributed by atoms with Gasteiger partial charge in [0.05, 0.1) is 17.6 Å². The molecule has 6 rings (SSSR count). The second-order valence-electron chi connectivity index (χ2n) is 8.34. The topological polar surface area (TPSA) is 104 Å². The van der Waals surface area contributed by atoms with Crippen LogP contribution in [0.3, 0.4) is 0 Å². The number of benzene rings is 1. The standard InChI is InChI=1S/C25H21ClN10/c1-15-22(17-5-4-6-18(26)13-17)23(35(3)33-15)24-32-31-21-14-16(9-12-36(21)24)19-7-10-27-25(29-19)30-20-8-11-28-34(20)2/h4-14H,1-3H3,(H,27,29,30). The predicted octanol–water partition coefficient (Wildman–Crippen LogP) is 4.69. The molecular weight excluding hydrogens is 476 g/mol. The highest BCUT2D eigenvalue weighted by atomic mass is 35.5. The van der Waals surface area contributed by atoms with E-state index >= 15 is 0 Å². The number of nitrogens with zero attached hydrogens (tertiary/aromatic N) is 9. The molecule has 0 amide bonds. The second kappa shape index (κ2) is 8.58. The van der Waals surface area contributed by atoms with E-state index in [2.05, 4.69) is 35.7 Å². The van der Waals surface area contributed by atoms with Crippen LogP contribution in [-0.4, -0.2) is 44.1 Å². The fourth-order valence-corrected chi connectivity index (χ4v) is 4.50. The van der Waals surface area contributed by atoms with Crippen LogP contribution in [0.15, 0.2) is 67.1 Å². The maximum Gasteiger partial charge on any atom is 0.228 e. The first kappa shape index (κ1) is 21.9. The molecule has 0 saturated carbocycles. The smallest absolute Gasteiger partial charge is 0.228 e. The first-order valence-electron chi connectivity index (χ1n) is 11.2. The largest absolute Gasteiger partial charge is 0.309 e. The number of hydrogen-bond donors (Lipinski definition) is 1. The van der Waals surface area contributed by atoms with Gasteiger partial charge in [-0.05, 0) is 42.8 Å². The van der Waals surface area contributed by atoms with Gasteiger partial charge in [-0.15, -0.1) is 10.2 Å². The Labute approximate surface area is 211 Å². The van der Waals surface area contributed by atoms with Crippen molar-refractivity contribution in [3.63, 3.8) is 0 Å². The van der Waals surface area contributed by atoms with Crippen LogP contribution in [0.1, 0.15) is 5.69 Å². The lowest BCUT2D eigenvalue weighted by Gasteiger charge is -2.08. The SMILES string of the molecule is Cc1nn(C)c(-c2nnc3cc(-c4ccnc(Nc5ccnn5C)n4)ccn23)c1-c1cccc(Cl)c1. The van der Waals surface area contributed by atoms with Crippen LogP contribution in [0, 0.1) is 6.92 Å². The third-order valence-corrected chi connectivity index (χ3v) is 6.20. The number of anilines is 2. The lowest BCUT2D eigenvalue weighted by atomic mass is 10.0. The fourth-order valence-electron chi connectivity index (χ4n) is 4.31. The molecule has 0 spiro atoms. The third kappa shape index (κ3) is 3.77. The zero-order valence-corrected chi connectivity index (χ0v) is 20.5. The molecule has 0 aliphatic heterocycles. The summed E-state index contributed by atoms with van der Waals surface area (Å²) in [5, 5.41) is 21.6. The van der Waals surface area contributed by atoms with Gasteiger partial charge in [0.25, 0.3) is 0 Å². The molecule has 0 fully saturated rings. The van der Waals surface area contributed by atoms with Crippen LogP contribution in [0.2, 0.25) is 5.02 Å². The molecule has 5 aromatic heterocycles. The van der Waals surface area contributed by atoms with Crippen LogP contribution in [0.25, 0.3) is 39.5 Å². The van der Waals surface area contributed by atoms with E-state index in [-0.39, 0.29) is 0 Å². The fraction of sp³-hybridized carbons (Fsp3) is 0.120. The molecule has 6 aromatic rings. The van der Waals surface area contributed by atoms with Crippen LogP contribution in [-0.2, 0) is 14.1 Å². The van der Waals surface area contributed by atoms with E-state index in [0.717, 1.165) is 39.6 Å². The molecule has 0 saturated heterocycles. The number of fused-ring (bicyclic) bond motifs is 1. The van der Waals surface area contributed by atoms with Gasteiger partial charge in [-0.25, -0.2) is 9.97 Å². The first-order chi connectivity index (χ1) is 17.5. The van der Waals surface area contributed by atoms with Crippen molar-refractivity contribution >= 4 is 29.0 Å². The molecule has 0 aliphatic carbocycles. The highest BCUT2D eigenvalue weighted by Gasteiger charge is 2.22. The molecule has 5 heterocycles. The molecule has 178 valence electrons. The minimum atomic E-state index is 0.481. The molecule has 0 radical (unpaired) electrons. The Morgan fingerprint density at radius 3 is 2.61 bits per heavy atom. The van der Waals surface area contributed by atoms with Gasteiger partial charge in [-0.2, -0.15) is 10.2 Å². The van der Waals surface area contributed by atoms with Gasteiger partial charge in [0.15, 0.2) is 11.5 Å². The van der Waals surface area contributed by atoms with E-state index in [1.807, 2.05) is 84.8 Å². The van der Waals surface area contributed by atoms with Crippen LogP contribution in [0.4, 0.5) is 11.8 Å². The van der Waals surface area contributed by atoms with E-state index < -0.39 is 0 Å². The van der Waals surface area contributed by atoms with Gasteiger partial charge < -0.3 is 5.32 Å². The van der Waals surface area contributed by atoms with Crippen molar-refractivity contribution in [2.45, 2.75) is 6.92 Å². The summed E-state index contributed by atoms with van der Waals surface area (Å²) in [5.74, 6) is 1.97.